The Balaban J connectivity index is 1.76. The average Bonchev–Trinajstić information content (AvgIpc) is 2.97. The number of methoxy groups -OCH3 is 4. The Morgan fingerprint density at radius 2 is 1.59 bits per heavy atom. The number of primary amides is 1. The zero-order chi connectivity index (χ0) is 32.7. The third-order valence-corrected chi connectivity index (χ3v) is 9.53. The molecule has 14 heteroatoms. The zero-order valence-electron chi connectivity index (χ0n) is 25.9. The minimum atomic E-state index is -2.71. The van der Waals surface area contributed by atoms with Crippen molar-refractivity contribution in [2.24, 2.45) is 29.4 Å². The SMILES string of the molecule is COC(CN(Cc1ccc(O)c2c1C[C@@H]1C[C@@H]3C(N(C)C)C(O)C(C(N)=O)C(=O)[C@]3(O)C(=O)C1C2=O)CC(OC)OC)OC. The van der Waals surface area contributed by atoms with E-state index < -0.39 is 77.3 Å². The summed E-state index contributed by atoms with van der Waals surface area (Å²) in [6.07, 6.45) is -2.52. The predicted octanol–water partition coefficient (Wildman–Crippen LogP) is -1.30. The van der Waals surface area contributed by atoms with Crippen LogP contribution in [0.5, 0.6) is 5.75 Å². The van der Waals surface area contributed by atoms with Crippen LogP contribution in [0.2, 0.25) is 0 Å². The van der Waals surface area contributed by atoms with E-state index in [-0.39, 0.29) is 30.7 Å². The van der Waals surface area contributed by atoms with Crippen LogP contribution in [-0.4, -0.2) is 134 Å². The monoisotopic (exact) mass is 621 g/mol. The molecule has 2 saturated carbocycles. The van der Waals surface area contributed by atoms with Crippen molar-refractivity contribution in [2.75, 3.05) is 55.6 Å². The molecule has 1 aromatic carbocycles. The number of aliphatic hydroxyl groups excluding tert-OH is 1. The number of hydrogen-bond donors (Lipinski definition) is 4. The van der Waals surface area contributed by atoms with Crippen molar-refractivity contribution < 1.29 is 53.4 Å². The van der Waals surface area contributed by atoms with Gasteiger partial charge in [0.15, 0.2) is 35.5 Å². The van der Waals surface area contributed by atoms with E-state index >= 15 is 0 Å². The molecule has 5 N–H and O–H groups in total. The number of nitrogens with zero attached hydrogens (tertiary/aromatic N) is 2. The fraction of sp³-hybridized carbons (Fsp3) is 0.667. The highest BCUT2D eigenvalue weighted by molar-refractivity contribution is 6.25. The molecule has 0 bridgehead atoms. The first-order valence-corrected chi connectivity index (χ1v) is 14.4. The lowest BCUT2D eigenvalue weighted by molar-refractivity contribution is -0.190. The van der Waals surface area contributed by atoms with Gasteiger partial charge >= 0.3 is 0 Å². The number of ether oxygens (including phenoxy) is 4. The van der Waals surface area contributed by atoms with Gasteiger partial charge in [0.1, 0.15) is 11.7 Å². The number of aromatic hydroxyl groups is 1. The fourth-order valence-electron chi connectivity index (χ4n) is 7.39. The number of carbonyl (C=O) groups is 4. The summed E-state index contributed by atoms with van der Waals surface area (Å²) in [5.74, 6) is -9.47. The predicted molar refractivity (Wildman–Crippen MR) is 153 cm³/mol. The van der Waals surface area contributed by atoms with Crippen LogP contribution in [0.25, 0.3) is 0 Å². The molecule has 14 nitrogen and oxygen atoms in total. The first-order valence-electron chi connectivity index (χ1n) is 14.4. The maximum Gasteiger partial charge on any atom is 0.230 e. The number of phenolic OH excluding ortho intramolecular Hbond substituents is 1. The van der Waals surface area contributed by atoms with Gasteiger partial charge in [-0.15, -0.1) is 0 Å². The molecule has 44 heavy (non-hydrogen) atoms. The van der Waals surface area contributed by atoms with Gasteiger partial charge in [-0.3, -0.25) is 24.1 Å². The van der Waals surface area contributed by atoms with Crippen molar-refractivity contribution in [3.8, 4) is 5.75 Å². The van der Waals surface area contributed by atoms with E-state index in [1.54, 1.807) is 25.1 Å². The van der Waals surface area contributed by atoms with Gasteiger partial charge in [-0.1, -0.05) is 6.07 Å². The quantitative estimate of drug-likeness (QED) is 0.159. The summed E-state index contributed by atoms with van der Waals surface area (Å²) in [6, 6.07) is 2.10. The van der Waals surface area contributed by atoms with Gasteiger partial charge in [0.25, 0.3) is 0 Å². The van der Waals surface area contributed by atoms with Gasteiger partial charge in [0.2, 0.25) is 5.91 Å². The van der Waals surface area contributed by atoms with Crippen molar-refractivity contribution in [2.45, 2.75) is 49.7 Å². The molecule has 1 amide bonds. The first kappa shape index (κ1) is 34.1. The summed E-state index contributed by atoms with van der Waals surface area (Å²) in [6.45, 7) is 0.898. The Bertz CT molecular complexity index is 1270. The summed E-state index contributed by atoms with van der Waals surface area (Å²) < 4.78 is 21.6. The van der Waals surface area contributed by atoms with Crippen molar-refractivity contribution in [3.63, 3.8) is 0 Å². The van der Waals surface area contributed by atoms with Crippen LogP contribution < -0.4 is 5.73 Å². The molecule has 244 valence electrons. The highest BCUT2D eigenvalue weighted by Gasteiger charge is 2.69. The van der Waals surface area contributed by atoms with Crippen LogP contribution in [0.15, 0.2) is 12.1 Å². The number of aliphatic hydroxyl groups is 2. The fourth-order valence-corrected chi connectivity index (χ4v) is 7.39. The minimum absolute atomic E-state index is 0.0267. The van der Waals surface area contributed by atoms with Crippen LogP contribution in [0.3, 0.4) is 0 Å². The second-order valence-corrected chi connectivity index (χ2v) is 12.1. The summed E-state index contributed by atoms with van der Waals surface area (Å²) in [7, 11) is 9.25. The Morgan fingerprint density at radius 3 is 2.09 bits per heavy atom. The Hall–Kier alpha value is -2.82. The molecule has 7 atom stereocenters. The molecule has 4 rings (SSSR count). The molecule has 0 saturated heterocycles. The van der Waals surface area contributed by atoms with Crippen LogP contribution in [0.1, 0.15) is 27.9 Å². The number of amides is 1. The van der Waals surface area contributed by atoms with Crippen molar-refractivity contribution in [1.29, 1.82) is 0 Å². The van der Waals surface area contributed by atoms with E-state index in [2.05, 4.69) is 0 Å². The van der Waals surface area contributed by atoms with E-state index in [0.717, 1.165) is 0 Å². The Kier molecular flexibility index (Phi) is 10.3. The average molecular weight is 622 g/mol. The summed E-state index contributed by atoms with van der Waals surface area (Å²) >= 11 is 0. The normalized spacial score (nSPS) is 30.2. The standard InChI is InChI=1S/C30H43N3O11/c1-32(2)24-17-10-15-9-16-14(11-33(12-19(41-3)42-4)13-20(43-5)44-6)7-8-18(34)22(16)25(35)21(15)27(37)30(17,40)28(38)23(26(24)36)29(31)39/h7-8,15,17,19-21,23-24,26,34,36,40H,9-13H2,1-6H3,(H2,31,39)/t15-,17-,21?,23?,24?,26?,30-/m1/s1. The molecule has 4 unspecified atom stereocenters. The molecule has 0 aromatic heterocycles. The molecule has 0 heterocycles. The van der Waals surface area contributed by atoms with Gasteiger partial charge in [0.05, 0.1) is 30.7 Å². The minimum Gasteiger partial charge on any atom is -0.507 e. The van der Waals surface area contributed by atoms with Crippen LogP contribution in [0.4, 0.5) is 0 Å². The maximum atomic E-state index is 14.0. The van der Waals surface area contributed by atoms with E-state index in [0.29, 0.717) is 24.2 Å². The molecule has 3 aliphatic carbocycles. The number of carbonyl (C=O) groups excluding carboxylic acids is 4. The summed E-state index contributed by atoms with van der Waals surface area (Å²) in [5.41, 5.74) is 3.91. The molecule has 0 aliphatic heterocycles. The number of benzene rings is 1. The van der Waals surface area contributed by atoms with Gasteiger partial charge < -0.3 is 44.9 Å². The molecule has 1 aromatic rings. The number of fused-ring (bicyclic) bond motifs is 3. The van der Waals surface area contributed by atoms with E-state index in [1.165, 1.54) is 34.5 Å². The number of ketones is 3. The molecule has 0 radical (unpaired) electrons. The van der Waals surface area contributed by atoms with Gasteiger partial charge in [-0.05, 0) is 50.0 Å². The Morgan fingerprint density at radius 1 is 1.02 bits per heavy atom. The second kappa shape index (κ2) is 13.3. The third-order valence-electron chi connectivity index (χ3n) is 9.53. The molecule has 2 fully saturated rings. The number of nitrogens with two attached hydrogens (primary N) is 1. The highest BCUT2D eigenvalue weighted by atomic mass is 16.7. The highest BCUT2D eigenvalue weighted by Crippen LogP contribution is 2.51. The van der Waals surface area contributed by atoms with E-state index in [9.17, 15) is 34.5 Å². The van der Waals surface area contributed by atoms with Crippen LogP contribution >= 0.6 is 0 Å². The molecular formula is C30H43N3O11. The summed E-state index contributed by atoms with van der Waals surface area (Å²) in [4.78, 5) is 57.3. The van der Waals surface area contributed by atoms with Crippen LogP contribution in [0, 0.1) is 23.7 Å². The van der Waals surface area contributed by atoms with Crippen LogP contribution in [-0.2, 0) is 46.3 Å². The lowest BCUT2D eigenvalue weighted by atomic mass is 9.52. The van der Waals surface area contributed by atoms with Gasteiger partial charge in [-0.2, -0.15) is 0 Å². The number of Topliss-reactive ketones (excluding diaryl/α,β-unsaturated/α-hetero) is 3. The maximum absolute atomic E-state index is 14.0. The topological polar surface area (TPSA) is 198 Å². The lowest BCUT2D eigenvalue weighted by Gasteiger charge is -2.54. The molecule has 3 aliphatic rings. The lowest BCUT2D eigenvalue weighted by Crippen LogP contribution is -2.75. The zero-order valence-corrected chi connectivity index (χ0v) is 25.9. The molecule has 0 spiro atoms. The van der Waals surface area contributed by atoms with Crippen molar-refractivity contribution in [3.05, 3.63) is 28.8 Å². The largest absolute Gasteiger partial charge is 0.507 e. The van der Waals surface area contributed by atoms with Crippen molar-refractivity contribution >= 4 is 23.3 Å². The third kappa shape index (κ3) is 5.69. The van der Waals surface area contributed by atoms with Gasteiger partial charge in [-0.25, -0.2) is 0 Å². The smallest absolute Gasteiger partial charge is 0.230 e. The number of phenols is 1. The number of rotatable bonds is 12. The number of likely N-dealkylation sites (N-methyl/N-ethyl adjacent to an activating group) is 1. The number of hydrogen-bond acceptors (Lipinski definition) is 13. The second-order valence-electron chi connectivity index (χ2n) is 12.1. The van der Waals surface area contributed by atoms with Gasteiger partial charge in [0, 0.05) is 46.9 Å². The Labute approximate surface area is 256 Å². The summed E-state index contributed by atoms with van der Waals surface area (Å²) in [5, 5.41) is 33.7. The first-order chi connectivity index (χ1) is 20.8. The van der Waals surface area contributed by atoms with Crippen molar-refractivity contribution in [1.82, 2.24) is 9.80 Å². The molecular weight excluding hydrogens is 578 g/mol. The van der Waals surface area contributed by atoms with E-state index in [1.807, 2.05) is 4.90 Å². The van der Waals surface area contributed by atoms with E-state index in [4.69, 9.17) is 24.7 Å².